The molecule has 5 nitrogen and oxygen atoms in total. The maximum absolute atomic E-state index is 12.3. The first-order valence-electron chi connectivity index (χ1n) is 5.82. The molecule has 0 fully saturated rings. The fraction of sp³-hybridized carbons (Fsp3) is 0.154. The van der Waals surface area contributed by atoms with Crippen LogP contribution in [0.15, 0.2) is 39.7 Å². The van der Waals surface area contributed by atoms with E-state index in [9.17, 15) is 8.42 Å². The summed E-state index contributed by atoms with van der Waals surface area (Å²) in [5, 5.41) is 0. The van der Waals surface area contributed by atoms with Gasteiger partial charge in [-0.15, -0.1) is 0 Å². The predicted octanol–water partition coefficient (Wildman–Crippen LogP) is 2.84. The molecule has 3 N–H and O–H groups in total. The van der Waals surface area contributed by atoms with Gasteiger partial charge in [-0.05, 0) is 60.1 Å². The summed E-state index contributed by atoms with van der Waals surface area (Å²) in [4.78, 5) is 4.33. The van der Waals surface area contributed by atoms with Crippen molar-refractivity contribution in [1.82, 2.24) is 4.98 Å². The summed E-state index contributed by atoms with van der Waals surface area (Å²) in [5.74, 6) is 0. The van der Waals surface area contributed by atoms with Crippen LogP contribution in [0.3, 0.4) is 0 Å². The molecule has 2 rings (SSSR count). The molecule has 0 saturated carbocycles. The van der Waals surface area contributed by atoms with E-state index in [-0.39, 0.29) is 4.90 Å². The van der Waals surface area contributed by atoms with E-state index in [1.54, 1.807) is 25.1 Å². The number of nitrogens with two attached hydrogens (primary N) is 1. The molecule has 0 aliphatic rings. The Balaban J connectivity index is 2.38. The number of nitrogens with zero attached hydrogens (tertiary/aromatic N) is 1. The van der Waals surface area contributed by atoms with Gasteiger partial charge in [0.05, 0.1) is 16.3 Å². The van der Waals surface area contributed by atoms with Crippen molar-refractivity contribution < 1.29 is 8.42 Å². The lowest BCUT2D eigenvalue weighted by Gasteiger charge is -2.11. The molecular formula is C13H14BrN3O2S. The van der Waals surface area contributed by atoms with Gasteiger partial charge in [-0.25, -0.2) is 8.42 Å². The van der Waals surface area contributed by atoms with E-state index in [2.05, 4.69) is 25.6 Å². The number of hydrogen-bond acceptors (Lipinski definition) is 4. The molecular weight excluding hydrogens is 342 g/mol. The molecule has 106 valence electrons. The molecule has 0 spiro atoms. The number of hydrogen-bond donors (Lipinski definition) is 2. The van der Waals surface area contributed by atoms with Gasteiger partial charge in [0, 0.05) is 15.9 Å². The van der Waals surface area contributed by atoms with E-state index >= 15 is 0 Å². The van der Waals surface area contributed by atoms with Gasteiger partial charge in [0.1, 0.15) is 0 Å². The third-order valence-corrected chi connectivity index (χ3v) is 4.83. The maximum Gasteiger partial charge on any atom is 0.262 e. The second kappa shape index (κ2) is 5.41. The number of benzene rings is 1. The molecule has 1 aromatic heterocycles. The average Bonchev–Trinajstić information content (AvgIpc) is 2.36. The van der Waals surface area contributed by atoms with Gasteiger partial charge in [-0.1, -0.05) is 0 Å². The summed E-state index contributed by atoms with van der Waals surface area (Å²) in [6.07, 6.45) is 0. The third-order valence-electron chi connectivity index (χ3n) is 2.75. The van der Waals surface area contributed by atoms with E-state index in [1.807, 2.05) is 6.92 Å². The molecule has 20 heavy (non-hydrogen) atoms. The van der Waals surface area contributed by atoms with Crippen molar-refractivity contribution in [3.8, 4) is 0 Å². The van der Waals surface area contributed by atoms with Gasteiger partial charge >= 0.3 is 0 Å². The summed E-state index contributed by atoms with van der Waals surface area (Å²) in [7, 11) is -3.68. The highest BCUT2D eigenvalue weighted by Crippen LogP contribution is 2.25. The lowest BCUT2D eigenvalue weighted by molar-refractivity contribution is 0.601. The van der Waals surface area contributed by atoms with Crippen LogP contribution in [0, 0.1) is 13.8 Å². The van der Waals surface area contributed by atoms with Crippen LogP contribution in [0.4, 0.5) is 11.4 Å². The first-order valence-corrected chi connectivity index (χ1v) is 8.09. The molecule has 2 aromatic rings. The fourth-order valence-electron chi connectivity index (χ4n) is 1.69. The second-order valence-electron chi connectivity index (χ2n) is 4.37. The van der Waals surface area contributed by atoms with E-state index in [0.717, 1.165) is 5.69 Å². The zero-order chi connectivity index (χ0) is 14.9. The number of nitrogen functional groups attached to an aromatic ring is 1. The summed E-state index contributed by atoms with van der Waals surface area (Å²) in [5.41, 5.74) is 7.99. The molecule has 0 amide bonds. The molecule has 0 aliphatic heterocycles. The van der Waals surface area contributed by atoms with Crippen LogP contribution in [0.2, 0.25) is 0 Å². The Labute approximate surface area is 126 Å². The normalized spacial score (nSPS) is 11.3. The van der Waals surface area contributed by atoms with Crippen LogP contribution in [0.5, 0.6) is 0 Å². The minimum Gasteiger partial charge on any atom is -0.398 e. The summed E-state index contributed by atoms with van der Waals surface area (Å²) >= 11 is 3.23. The molecule has 0 unspecified atom stereocenters. The van der Waals surface area contributed by atoms with Crippen LogP contribution >= 0.6 is 15.9 Å². The first-order chi connectivity index (χ1) is 9.29. The molecule has 1 heterocycles. The van der Waals surface area contributed by atoms with Gasteiger partial charge in [0.2, 0.25) is 0 Å². The van der Waals surface area contributed by atoms with Crippen molar-refractivity contribution in [3.63, 3.8) is 0 Å². The molecule has 1 aromatic carbocycles. The third kappa shape index (κ3) is 3.10. The number of aromatic nitrogens is 1. The number of sulfonamides is 1. The quantitative estimate of drug-likeness (QED) is 0.829. The number of nitrogens with one attached hydrogen (secondary N) is 1. The molecule has 0 saturated heterocycles. The summed E-state index contributed by atoms with van der Waals surface area (Å²) < 4.78 is 27.8. The Kier molecular flexibility index (Phi) is 4.01. The zero-order valence-electron chi connectivity index (χ0n) is 11.0. The second-order valence-corrected chi connectivity index (χ2v) is 6.91. The Morgan fingerprint density at radius 2 is 1.90 bits per heavy atom. The number of halogens is 1. The Hall–Kier alpha value is -1.60. The van der Waals surface area contributed by atoms with Crippen LogP contribution in [-0.2, 0) is 10.0 Å². The van der Waals surface area contributed by atoms with Gasteiger partial charge < -0.3 is 5.73 Å². The predicted molar refractivity (Wildman–Crippen MR) is 83.1 cm³/mol. The van der Waals surface area contributed by atoms with E-state index < -0.39 is 10.0 Å². The van der Waals surface area contributed by atoms with Crippen LogP contribution in [-0.4, -0.2) is 13.4 Å². The lowest BCUT2D eigenvalue weighted by atomic mass is 10.3. The molecule has 0 radical (unpaired) electrons. The van der Waals surface area contributed by atoms with Crippen molar-refractivity contribution in [3.05, 3.63) is 46.2 Å². The van der Waals surface area contributed by atoms with Gasteiger partial charge in [-0.2, -0.15) is 0 Å². The lowest BCUT2D eigenvalue weighted by Crippen LogP contribution is -2.14. The number of aryl methyl sites for hydroxylation is 2. The van der Waals surface area contributed by atoms with Gasteiger partial charge in [0.25, 0.3) is 10.0 Å². The fourth-order valence-corrected chi connectivity index (χ4v) is 3.09. The Bertz CT molecular complexity index is 760. The summed E-state index contributed by atoms with van der Waals surface area (Å²) in [6, 6.07) is 7.94. The van der Waals surface area contributed by atoms with Crippen molar-refractivity contribution in [1.29, 1.82) is 0 Å². The van der Waals surface area contributed by atoms with Crippen molar-refractivity contribution in [2.75, 3.05) is 10.5 Å². The van der Waals surface area contributed by atoms with Crippen LogP contribution in [0.1, 0.15) is 11.4 Å². The Morgan fingerprint density at radius 1 is 1.20 bits per heavy atom. The number of anilines is 2. The standard InChI is InChI=1S/C13H14BrN3O2S/c1-8-3-6-13(9(2)16-8)17-20(18,19)10-4-5-11(14)12(15)7-10/h3-7,17H,15H2,1-2H3. The van der Waals surface area contributed by atoms with Crippen LogP contribution < -0.4 is 10.5 Å². The topological polar surface area (TPSA) is 85.1 Å². The molecule has 0 aliphatic carbocycles. The van der Waals surface area contributed by atoms with E-state index in [0.29, 0.717) is 21.5 Å². The smallest absolute Gasteiger partial charge is 0.262 e. The van der Waals surface area contributed by atoms with Gasteiger partial charge in [0.15, 0.2) is 0 Å². The summed E-state index contributed by atoms with van der Waals surface area (Å²) in [6.45, 7) is 3.60. The average molecular weight is 356 g/mol. The van der Waals surface area contributed by atoms with E-state index in [4.69, 9.17) is 5.73 Å². The Morgan fingerprint density at radius 3 is 2.50 bits per heavy atom. The van der Waals surface area contributed by atoms with Crippen molar-refractivity contribution >= 4 is 37.3 Å². The highest BCUT2D eigenvalue weighted by Gasteiger charge is 2.16. The SMILES string of the molecule is Cc1ccc(NS(=O)(=O)c2ccc(Br)c(N)c2)c(C)n1. The zero-order valence-corrected chi connectivity index (χ0v) is 13.4. The molecule has 0 bridgehead atoms. The number of pyridine rings is 1. The van der Waals surface area contributed by atoms with Crippen LogP contribution in [0.25, 0.3) is 0 Å². The highest BCUT2D eigenvalue weighted by atomic mass is 79.9. The maximum atomic E-state index is 12.3. The largest absolute Gasteiger partial charge is 0.398 e. The molecule has 0 atom stereocenters. The minimum absolute atomic E-state index is 0.109. The highest BCUT2D eigenvalue weighted by molar-refractivity contribution is 9.10. The monoisotopic (exact) mass is 355 g/mol. The van der Waals surface area contributed by atoms with Gasteiger partial charge in [-0.3, -0.25) is 9.71 Å². The number of rotatable bonds is 3. The van der Waals surface area contributed by atoms with E-state index in [1.165, 1.54) is 12.1 Å². The minimum atomic E-state index is -3.68. The van der Waals surface area contributed by atoms with Crippen molar-refractivity contribution in [2.24, 2.45) is 0 Å². The molecule has 7 heteroatoms. The first kappa shape index (κ1) is 14.8. The van der Waals surface area contributed by atoms with Crippen molar-refractivity contribution in [2.45, 2.75) is 18.7 Å².